The third-order valence-electron chi connectivity index (χ3n) is 2.70. The van der Waals surface area contributed by atoms with Gasteiger partial charge in [-0.05, 0) is 18.6 Å². The highest BCUT2D eigenvalue weighted by atomic mass is 32.2. The Kier molecular flexibility index (Phi) is 6.60. The Morgan fingerprint density at radius 2 is 2.06 bits per heavy atom. The van der Waals surface area contributed by atoms with Crippen molar-refractivity contribution in [3.63, 3.8) is 0 Å². The lowest BCUT2D eigenvalue weighted by molar-refractivity contribution is -0.129. The predicted octanol–water partition coefficient (Wildman–Crippen LogP) is 2.25. The van der Waals surface area contributed by atoms with Crippen molar-refractivity contribution in [3.8, 4) is 0 Å². The molecule has 0 heterocycles. The van der Waals surface area contributed by atoms with Gasteiger partial charge in [-0.1, -0.05) is 38.0 Å². The lowest BCUT2D eigenvalue weighted by Crippen LogP contribution is -2.27. The molecule has 0 saturated carbocycles. The maximum Gasteiger partial charge on any atom is 0.244 e. The number of carbonyl (C=O) groups excluding carboxylic acids is 1. The van der Waals surface area contributed by atoms with Gasteiger partial charge in [-0.2, -0.15) is 0 Å². The average Bonchev–Trinajstić information content (AvgIpc) is 2.43. The normalized spacial score (nSPS) is 13.9. The summed E-state index contributed by atoms with van der Waals surface area (Å²) < 4.78 is 12.4. The number of hydrogen-bond donors (Lipinski definition) is 2. The molecule has 0 aliphatic carbocycles. The lowest BCUT2D eigenvalue weighted by atomic mass is 10.1. The van der Waals surface area contributed by atoms with Crippen molar-refractivity contribution in [1.82, 2.24) is 5.48 Å². The lowest BCUT2D eigenvalue weighted by Gasteiger charge is -2.15. The topological polar surface area (TPSA) is 66.4 Å². The Morgan fingerprint density at radius 1 is 1.39 bits per heavy atom. The zero-order valence-corrected chi connectivity index (χ0v) is 11.3. The second kappa shape index (κ2) is 8.00. The Balaban J connectivity index is 2.75. The van der Waals surface area contributed by atoms with Crippen LogP contribution in [0.25, 0.3) is 0 Å². The van der Waals surface area contributed by atoms with Gasteiger partial charge in [-0.15, -0.1) is 0 Å². The van der Waals surface area contributed by atoms with E-state index in [1.54, 1.807) is 17.6 Å². The minimum atomic E-state index is -1.22. The van der Waals surface area contributed by atoms with Crippen molar-refractivity contribution in [2.45, 2.75) is 42.8 Å². The molecule has 1 aromatic carbocycles. The molecule has 1 rings (SSSR count). The fourth-order valence-corrected chi connectivity index (χ4v) is 3.21. The van der Waals surface area contributed by atoms with Crippen LogP contribution in [0.2, 0.25) is 0 Å². The highest BCUT2D eigenvalue weighted by Gasteiger charge is 2.21. The van der Waals surface area contributed by atoms with Gasteiger partial charge in [-0.25, -0.2) is 5.48 Å². The first-order chi connectivity index (χ1) is 8.69. The molecule has 0 aliphatic heterocycles. The van der Waals surface area contributed by atoms with Gasteiger partial charge < -0.3 is 0 Å². The summed E-state index contributed by atoms with van der Waals surface area (Å²) in [7, 11) is -1.22. The van der Waals surface area contributed by atoms with E-state index in [1.807, 2.05) is 18.2 Å². The standard InChI is InChI=1S/C13H19NO3S/c1-2-3-7-12(10-13(15)14-16)18(17)11-8-5-4-6-9-11/h4-6,8-9,12,16H,2-3,7,10H2,1H3,(H,14,15)/t12-,18-/m0/s1. The van der Waals surface area contributed by atoms with Crippen LogP contribution in [0.4, 0.5) is 0 Å². The van der Waals surface area contributed by atoms with Crippen LogP contribution in [0.3, 0.4) is 0 Å². The van der Waals surface area contributed by atoms with Crippen LogP contribution in [-0.4, -0.2) is 20.6 Å². The number of nitrogens with one attached hydrogen (secondary N) is 1. The summed E-state index contributed by atoms with van der Waals surface area (Å²) in [5.41, 5.74) is 1.60. The van der Waals surface area contributed by atoms with E-state index in [-0.39, 0.29) is 11.7 Å². The van der Waals surface area contributed by atoms with Gasteiger partial charge in [0.2, 0.25) is 5.91 Å². The summed E-state index contributed by atoms with van der Waals surface area (Å²) in [5.74, 6) is -0.486. The van der Waals surface area contributed by atoms with E-state index in [1.165, 1.54) is 0 Å². The van der Waals surface area contributed by atoms with Crippen molar-refractivity contribution >= 4 is 16.7 Å². The highest BCUT2D eigenvalue weighted by Crippen LogP contribution is 2.18. The number of carbonyl (C=O) groups is 1. The van der Waals surface area contributed by atoms with Crippen LogP contribution in [0.15, 0.2) is 35.2 Å². The second-order valence-electron chi connectivity index (χ2n) is 4.11. The molecule has 0 aromatic heterocycles. The van der Waals surface area contributed by atoms with Gasteiger partial charge in [0.15, 0.2) is 0 Å². The third kappa shape index (κ3) is 4.58. The van der Waals surface area contributed by atoms with Gasteiger partial charge in [0.25, 0.3) is 0 Å². The van der Waals surface area contributed by atoms with Crippen molar-refractivity contribution in [1.29, 1.82) is 0 Å². The van der Waals surface area contributed by atoms with E-state index in [2.05, 4.69) is 6.92 Å². The molecule has 0 saturated heterocycles. The first kappa shape index (κ1) is 14.9. The number of benzene rings is 1. The molecule has 4 nitrogen and oxygen atoms in total. The maximum atomic E-state index is 12.4. The summed E-state index contributed by atoms with van der Waals surface area (Å²) in [4.78, 5) is 12.0. The predicted molar refractivity (Wildman–Crippen MR) is 70.7 cm³/mol. The minimum Gasteiger partial charge on any atom is -0.289 e. The zero-order chi connectivity index (χ0) is 13.4. The van der Waals surface area contributed by atoms with Crippen LogP contribution in [0.5, 0.6) is 0 Å². The largest absolute Gasteiger partial charge is 0.289 e. The summed E-state index contributed by atoms with van der Waals surface area (Å²) in [6.07, 6.45) is 2.70. The average molecular weight is 269 g/mol. The van der Waals surface area contributed by atoms with Gasteiger partial charge >= 0.3 is 0 Å². The zero-order valence-electron chi connectivity index (χ0n) is 10.5. The molecule has 0 radical (unpaired) electrons. The first-order valence-corrected chi connectivity index (χ1v) is 7.29. The van der Waals surface area contributed by atoms with Crippen LogP contribution >= 0.6 is 0 Å². The second-order valence-corrected chi connectivity index (χ2v) is 5.85. The molecular formula is C13H19NO3S. The van der Waals surface area contributed by atoms with E-state index < -0.39 is 16.7 Å². The molecule has 0 unspecified atom stereocenters. The molecule has 2 atom stereocenters. The smallest absolute Gasteiger partial charge is 0.244 e. The molecule has 0 aliphatic rings. The molecule has 0 fully saturated rings. The molecular weight excluding hydrogens is 250 g/mol. The molecule has 1 amide bonds. The van der Waals surface area contributed by atoms with Crippen LogP contribution in [0.1, 0.15) is 32.6 Å². The number of hydrogen-bond acceptors (Lipinski definition) is 3. The van der Waals surface area contributed by atoms with Crippen molar-refractivity contribution in [2.75, 3.05) is 0 Å². The molecule has 1 aromatic rings. The van der Waals surface area contributed by atoms with E-state index in [4.69, 9.17) is 5.21 Å². The van der Waals surface area contributed by atoms with Crippen molar-refractivity contribution in [2.24, 2.45) is 0 Å². The van der Waals surface area contributed by atoms with Gasteiger partial charge in [-0.3, -0.25) is 14.2 Å². The fourth-order valence-electron chi connectivity index (χ4n) is 1.72. The number of rotatable bonds is 7. The molecule has 18 heavy (non-hydrogen) atoms. The molecule has 0 bridgehead atoms. The van der Waals surface area contributed by atoms with Gasteiger partial charge in [0.1, 0.15) is 0 Å². The first-order valence-electron chi connectivity index (χ1n) is 6.07. The monoisotopic (exact) mass is 269 g/mol. The quantitative estimate of drug-likeness (QED) is 0.589. The fraction of sp³-hybridized carbons (Fsp3) is 0.462. The number of hydroxylamine groups is 1. The number of unbranched alkanes of at least 4 members (excludes halogenated alkanes) is 1. The Hall–Kier alpha value is -1.20. The van der Waals surface area contributed by atoms with E-state index in [9.17, 15) is 9.00 Å². The van der Waals surface area contributed by atoms with E-state index in [0.717, 1.165) is 17.7 Å². The van der Waals surface area contributed by atoms with Crippen molar-refractivity contribution in [3.05, 3.63) is 30.3 Å². The summed E-state index contributed by atoms with van der Waals surface area (Å²) in [6, 6.07) is 9.12. The van der Waals surface area contributed by atoms with Gasteiger partial charge in [0, 0.05) is 16.6 Å². The summed E-state index contributed by atoms with van der Waals surface area (Å²) in [5, 5.41) is 8.31. The van der Waals surface area contributed by atoms with Crippen LogP contribution in [0, 0.1) is 0 Å². The molecule has 100 valence electrons. The highest BCUT2D eigenvalue weighted by molar-refractivity contribution is 7.85. The Morgan fingerprint density at radius 3 is 2.61 bits per heavy atom. The summed E-state index contributed by atoms with van der Waals surface area (Å²) >= 11 is 0. The number of amides is 1. The Labute approximate surface area is 110 Å². The molecule has 5 heteroatoms. The maximum absolute atomic E-state index is 12.4. The third-order valence-corrected chi connectivity index (χ3v) is 4.44. The minimum absolute atomic E-state index is 0.0814. The van der Waals surface area contributed by atoms with Gasteiger partial charge in [0.05, 0.1) is 10.8 Å². The summed E-state index contributed by atoms with van der Waals surface area (Å²) in [6.45, 7) is 2.05. The van der Waals surface area contributed by atoms with E-state index >= 15 is 0 Å². The van der Waals surface area contributed by atoms with Crippen molar-refractivity contribution < 1.29 is 14.2 Å². The van der Waals surface area contributed by atoms with Crippen LogP contribution < -0.4 is 5.48 Å². The van der Waals surface area contributed by atoms with Crippen LogP contribution in [-0.2, 0) is 15.6 Å². The van der Waals surface area contributed by atoms with E-state index in [0.29, 0.717) is 6.42 Å². The SMILES string of the molecule is CCCC[C@@H](CC(=O)NO)[S@@](=O)c1ccccc1. The molecule has 2 N–H and O–H groups in total. The Bertz CT molecular complexity index is 394. The molecule has 0 spiro atoms.